The standard InChI is InChI=1S/C20H19ClN2O3/c1-3-26-19-16(21)10-13(11-17(19)25-2)12-23-20(24)15-8-4-6-14-7-5-9-22-18(14)15/h4-11H,3,12H2,1-2H3,(H,23,24). The molecular formula is C20H19ClN2O3. The molecule has 0 unspecified atom stereocenters. The Hall–Kier alpha value is -2.79. The zero-order chi connectivity index (χ0) is 18.5. The van der Waals surface area contributed by atoms with Crippen LogP contribution in [0.2, 0.25) is 5.02 Å². The van der Waals surface area contributed by atoms with Gasteiger partial charge in [0.25, 0.3) is 5.91 Å². The predicted octanol–water partition coefficient (Wildman–Crippen LogP) is 4.23. The summed E-state index contributed by atoms with van der Waals surface area (Å²) in [6, 6.07) is 12.9. The third-order valence-electron chi connectivity index (χ3n) is 3.91. The van der Waals surface area contributed by atoms with Crippen LogP contribution in [0, 0.1) is 0 Å². The fraction of sp³-hybridized carbons (Fsp3) is 0.200. The van der Waals surface area contributed by atoms with Gasteiger partial charge in [0.15, 0.2) is 11.5 Å². The summed E-state index contributed by atoms with van der Waals surface area (Å²) in [6.45, 7) is 2.67. The highest BCUT2D eigenvalue weighted by Crippen LogP contribution is 2.36. The molecule has 1 amide bonds. The number of nitrogens with zero attached hydrogens (tertiary/aromatic N) is 1. The number of hydrogen-bond acceptors (Lipinski definition) is 4. The number of pyridine rings is 1. The topological polar surface area (TPSA) is 60.5 Å². The van der Waals surface area contributed by atoms with Crippen LogP contribution >= 0.6 is 11.6 Å². The molecule has 2 aromatic carbocycles. The molecule has 0 atom stereocenters. The van der Waals surface area contributed by atoms with E-state index in [1.54, 1.807) is 31.5 Å². The van der Waals surface area contributed by atoms with E-state index in [9.17, 15) is 4.79 Å². The lowest BCUT2D eigenvalue weighted by atomic mass is 10.1. The molecule has 6 heteroatoms. The molecular weight excluding hydrogens is 352 g/mol. The quantitative estimate of drug-likeness (QED) is 0.705. The summed E-state index contributed by atoms with van der Waals surface area (Å²) < 4.78 is 10.8. The third kappa shape index (κ3) is 3.73. The van der Waals surface area contributed by atoms with E-state index in [1.165, 1.54) is 0 Å². The van der Waals surface area contributed by atoms with Gasteiger partial charge in [0.05, 0.1) is 29.8 Å². The summed E-state index contributed by atoms with van der Waals surface area (Å²) in [6.07, 6.45) is 1.68. The molecule has 0 bridgehead atoms. The number of rotatable bonds is 6. The third-order valence-corrected chi connectivity index (χ3v) is 4.19. The fourth-order valence-electron chi connectivity index (χ4n) is 2.72. The van der Waals surface area contributed by atoms with E-state index in [1.807, 2.05) is 31.2 Å². The maximum absolute atomic E-state index is 12.6. The number of carbonyl (C=O) groups is 1. The van der Waals surface area contributed by atoms with E-state index in [0.29, 0.717) is 40.8 Å². The van der Waals surface area contributed by atoms with Gasteiger partial charge in [0, 0.05) is 18.1 Å². The Morgan fingerprint density at radius 3 is 2.81 bits per heavy atom. The summed E-state index contributed by atoms with van der Waals surface area (Å²) in [7, 11) is 1.55. The summed E-state index contributed by atoms with van der Waals surface area (Å²) >= 11 is 6.27. The van der Waals surface area contributed by atoms with Crippen molar-refractivity contribution in [1.29, 1.82) is 0 Å². The van der Waals surface area contributed by atoms with E-state index in [2.05, 4.69) is 10.3 Å². The molecule has 0 fully saturated rings. The number of para-hydroxylation sites is 1. The second-order valence-corrected chi connectivity index (χ2v) is 6.01. The Kier molecular flexibility index (Phi) is 5.58. The zero-order valence-electron chi connectivity index (χ0n) is 14.6. The Balaban J connectivity index is 1.80. The van der Waals surface area contributed by atoms with Gasteiger partial charge in [-0.15, -0.1) is 0 Å². The van der Waals surface area contributed by atoms with Crippen LogP contribution in [0.15, 0.2) is 48.7 Å². The molecule has 0 aliphatic rings. The lowest BCUT2D eigenvalue weighted by Crippen LogP contribution is -2.23. The van der Waals surface area contributed by atoms with Crippen LogP contribution in [-0.2, 0) is 6.54 Å². The number of ether oxygens (including phenoxy) is 2. The van der Waals surface area contributed by atoms with E-state index in [0.717, 1.165) is 10.9 Å². The lowest BCUT2D eigenvalue weighted by molar-refractivity contribution is 0.0952. The van der Waals surface area contributed by atoms with Crippen molar-refractivity contribution in [3.63, 3.8) is 0 Å². The van der Waals surface area contributed by atoms with Gasteiger partial charge in [-0.2, -0.15) is 0 Å². The van der Waals surface area contributed by atoms with Crippen LogP contribution < -0.4 is 14.8 Å². The number of nitrogens with one attached hydrogen (secondary N) is 1. The van der Waals surface area contributed by atoms with Crippen molar-refractivity contribution in [1.82, 2.24) is 10.3 Å². The minimum atomic E-state index is -0.196. The van der Waals surface area contributed by atoms with Gasteiger partial charge in [0.1, 0.15) is 0 Å². The van der Waals surface area contributed by atoms with E-state index in [-0.39, 0.29) is 5.91 Å². The molecule has 3 rings (SSSR count). The smallest absolute Gasteiger partial charge is 0.253 e. The molecule has 0 spiro atoms. The first-order valence-electron chi connectivity index (χ1n) is 8.25. The van der Waals surface area contributed by atoms with E-state index >= 15 is 0 Å². The van der Waals surface area contributed by atoms with Gasteiger partial charge in [-0.1, -0.05) is 29.8 Å². The number of methoxy groups -OCH3 is 1. The van der Waals surface area contributed by atoms with Crippen molar-refractivity contribution in [3.05, 3.63) is 64.8 Å². The van der Waals surface area contributed by atoms with Crippen molar-refractivity contribution in [2.24, 2.45) is 0 Å². The fourth-order valence-corrected chi connectivity index (χ4v) is 3.01. The molecule has 0 aliphatic heterocycles. The average molecular weight is 371 g/mol. The number of halogens is 1. The average Bonchev–Trinajstić information content (AvgIpc) is 2.67. The molecule has 1 heterocycles. The van der Waals surface area contributed by atoms with Crippen LogP contribution in [0.25, 0.3) is 10.9 Å². The van der Waals surface area contributed by atoms with Gasteiger partial charge >= 0.3 is 0 Å². The van der Waals surface area contributed by atoms with Gasteiger partial charge in [-0.3, -0.25) is 9.78 Å². The second-order valence-electron chi connectivity index (χ2n) is 5.61. The highest BCUT2D eigenvalue weighted by Gasteiger charge is 2.14. The maximum atomic E-state index is 12.6. The molecule has 134 valence electrons. The number of aromatic nitrogens is 1. The van der Waals surface area contributed by atoms with Crippen LogP contribution in [0.5, 0.6) is 11.5 Å². The van der Waals surface area contributed by atoms with Crippen LogP contribution in [0.4, 0.5) is 0 Å². The highest BCUT2D eigenvalue weighted by atomic mass is 35.5. The van der Waals surface area contributed by atoms with Crippen molar-refractivity contribution in [2.75, 3.05) is 13.7 Å². The molecule has 5 nitrogen and oxygen atoms in total. The van der Waals surface area contributed by atoms with Crippen molar-refractivity contribution >= 4 is 28.4 Å². The normalized spacial score (nSPS) is 10.6. The number of benzene rings is 2. The maximum Gasteiger partial charge on any atom is 0.253 e. The Labute approximate surface area is 156 Å². The Morgan fingerprint density at radius 1 is 1.23 bits per heavy atom. The number of hydrogen-bond donors (Lipinski definition) is 1. The second kappa shape index (κ2) is 8.06. The molecule has 0 radical (unpaired) electrons. The number of amides is 1. The predicted molar refractivity (Wildman–Crippen MR) is 102 cm³/mol. The van der Waals surface area contributed by atoms with Crippen molar-refractivity contribution in [3.8, 4) is 11.5 Å². The zero-order valence-corrected chi connectivity index (χ0v) is 15.3. The van der Waals surface area contributed by atoms with Crippen molar-refractivity contribution in [2.45, 2.75) is 13.5 Å². The largest absolute Gasteiger partial charge is 0.493 e. The first-order chi connectivity index (χ1) is 12.6. The van der Waals surface area contributed by atoms with E-state index in [4.69, 9.17) is 21.1 Å². The SMILES string of the molecule is CCOc1c(Cl)cc(CNC(=O)c2cccc3cccnc23)cc1OC. The lowest BCUT2D eigenvalue weighted by Gasteiger charge is -2.14. The molecule has 3 aromatic rings. The number of fused-ring (bicyclic) bond motifs is 1. The van der Waals surface area contributed by atoms with Crippen LogP contribution in [-0.4, -0.2) is 24.6 Å². The minimum Gasteiger partial charge on any atom is -0.493 e. The van der Waals surface area contributed by atoms with Crippen LogP contribution in [0.1, 0.15) is 22.8 Å². The number of carbonyl (C=O) groups excluding carboxylic acids is 1. The Bertz CT molecular complexity index is 938. The van der Waals surface area contributed by atoms with Gasteiger partial charge in [-0.25, -0.2) is 0 Å². The summed E-state index contributed by atoms with van der Waals surface area (Å²) in [5, 5.41) is 4.27. The van der Waals surface area contributed by atoms with Gasteiger partial charge in [0.2, 0.25) is 0 Å². The van der Waals surface area contributed by atoms with Gasteiger partial charge < -0.3 is 14.8 Å². The molecule has 1 N–H and O–H groups in total. The Morgan fingerprint density at radius 2 is 2.04 bits per heavy atom. The molecule has 0 saturated carbocycles. The first-order valence-corrected chi connectivity index (χ1v) is 8.63. The molecule has 0 aliphatic carbocycles. The summed E-state index contributed by atoms with van der Waals surface area (Å²) in [5.74, 6) is 0.846. The highest BCUT2D eigenvalue weighted by molar-refractivity contribution is 6.32. The molecule has 26 heavy (non-hydrogen) atoms. The van der Waals surface area contributed by atoms with Crippen molar-refractivity contribution < 1.29 is 14.3 Å². The van der Waals surface area contributed by atoms with Crippen LogP contribution in [0.3, 0.4) is 0 Å². The minimum absolute atomic E-state index is 0.196. The summed E-state index contributed by atoms with van der Waals surface area (Å²) in [4.78, 5) is 16.9. The van der Waals surface area contributed by atoms with E-state index < -0.39 is 0 Å². The monoisotopic (exact) mass is 370 g/mol. The summed E-state index contributed by atoms with van der Waals surface area (Å²) in [5.41, 5.74) is 2.03. The van der Waals surface area contributed by atoms with Gasteiger partial charge in [-0.05, 0) is 36.8 Å². The first kappa shape index (κ1) is 18.0. The molecule has 0 saturated heterocycles. The molecule has 1 aromatic heterocycles.